The van der Waals surface area contributed by atoms with E-state index in [2.05, 4.69) is 28.1 Å². The predicted octanol–water partition coefficient (Wildman–Crippen LogP) is 4.22. The number of anilines is 1. The Morgan fingerprint density at radius 1 is 1.09 bits per heavy atom. The molecule has 1 fully saturated rings. The molecule has 1 aliphatic rings. The fourth-order valence-electron chi connectivity index (χ4n) is 3.29. The van der Waals surface area contributed by atoms with Crippen LogP contribution in [-0.4, -0.2) is 25.2 Å². The second-order valence-corrected chi connectivity index (χ2v) is 6.00. The first kappa shape index (κ1) is 14.1. The van der Waals surface area contributed by atoms with Crippen LogP contribution in [0.3, 0.4) is 0 Å². The molecular weight excluding hydrogens is 288 g/mol. The minimum atomic E-state index is 0.575. The Bertz CT molecular complexity index is 771. The average Bonchev–Trinajstić information content (AvgIpc) is 3.06. The molecule has 0 atom stereocenters. The Morgan fingerprint density at radius 3 is 2.70 bits per heavy atom. The second kappa shape index (κ2) is 5.95. The van der Waals surface area contributed by atoms with Crippen molar-refractivity contribution in [1.82, 2.24) is 4.98 Å². The molecule has 0 unspecified atom stereocenters. The highest BCUT2D eigenvalue weighted by molar-refractivity contribution is 5.74. The van der Waals surface area contributed by atoms with E-state index in [4.69, 9.17) is 9.15 Å². The van der Waals surface area contributed by atoms with Crippen molar-refractivity contribution < 1.29 is 9.15 Å². The van der Waals surface area contributed by atoms with Crippen LogP contribution in [0, 0.1) is 0 Å². The number of ether oxygens (including phenoxy) is 1. The number of aromatic nitrogens is 1. The summed E-state index contributed by atoms with van der Waals surface area (Å²) < 4.78 is 11.2. The Kier molecular flexibility index (Phi) is 3.66. The maximum absolute atomic E-state index is 5.88. The summed E-state index contributed by atoms with van der Waals surface area (Å²) in [5, 5.41) is 0. The highest BCUT2D eigenvalue weighted by Gasteiger charge is 2.23. The number of piperidine rings is 1. The Hall–Kier alpha value is -2.49. The van der Waals surface area contributed by atoms with Crippen molar-refractivity contribution >= 4 is 17.1 Å². The maximum Gasteiger partial charge on any atom is 0.298 e. The summed E-state index contributed by atoms with van der Waals surface area (Å²) in [6, 6.07) is 17.1. The normalized spacial score (nSPS) is 16.0. The first-order valence-corrected chi connectivity index (χ1v) is 8.08. The lowest BCUT2D eigenvalue weighted by atomic mass is 9.89. The lowest BCUT2D eigenvalue weighted by molar-refractivity contribution is 0.412. The third-order valence-electron chi connectivity index (χ3n) is 4.61. The standard InChI is InChI=1S/C19H20N2O2/c1-22-16-6-4-5-15(13-16)14-9-11-21(12-10-14)19-20-17-7-2-3-8-18(17)23-19/h2-8,13-14H,9-12H2,1H3. The summed E-state index contributed by atoms with van der Waals surface area (Å²) in [4.78, 5) is 6.85. The number of benzene rings is 2. The van der Waals surface area contributed by atoms with Crippen LogP contribution >= 0.6 is 0 Å². The lowest BCUT2D eigenvalue weighted by Crippen LogP contribution is -2.33. The van der Waals surface area contributed by atoms with E-state index < -0.39 is 0 Å². The van der Waals surface area contributed by atoms with Crippen molar-refractivity contribution in [3.05, 3.63) is 54.1 Å². The Morgan fingerprint density at radius 2 is 1.91 bits per heavy atom. The third-order valence-corrected chi connectivity index (χ3v) is 4.61. The van der Waals surface area contributed by atoms with Crippen LogP contribution in [0.4, 0.5) is 6.01 Å². The molecule has 118 valence electrons. The van der Waals surface area contributed by atoms with E-state index in [-0.39, 0.29) is 0 Å². The zero-order valence-corrected chi connectivity index (χ0v) is 13.2. The van der Waals surface area contributed by atoms with Gasteiger partial charge in [-0.1, -0.05) is 24.3 Å². The smallest absolute Gasteiger partial charge is 0.298 e. The van der Waals surface area contributed by atoms with Crippen molar-refractivity contribution in [3.8, 4) is 5.75 Å². The van der Waals surface area contributed by atoms with E-state index in [1.807, 2.05) is 30.3 Å². The highest BCUT2D eigenvalue weighted by Crippen LogP contribution is 2.32. The van der Waals surface area contributed by atoms with Crippen LogP contribution in [0.25, 0.3) is 11.1 Å². The van der Waals surface area contributed by atoms with E-state index >= 15 is 0 Å². The van der Waals surface area contributed by atoms with Gasteiger partial charge in [0.05, 0.1) is 7.11 Å². The van der Waals surface area contributed by atoms with E-state index in [1.54, 1.807) is 7.11 Å². The van der Waals surface area contributed by atoms with Crippen LogP contribution in [0.1, 0.15) is 24.3 Å². The molecular formula is C19H20N2O2. The fourth-order valence-corrected chi connectivity index (χ4v) is 3.29. The predicted molar refractivity (Wildman–Crippen MR) is 91.2 cm³/mol. The van der Waals surface area contributed by atoms with Gasteiger partial charge in [-0.05, 0) is 48.6 Å². The van der Waals surface area contributed by atoms with Crippen molar-refractivity contribution in [2.45, 2.75) is 18.8 Å². The van der Waals surface area contributed by atoms with Crippen LogP contribution in [-0.2, 0) is 0 Å². The largest absolute Gasteiger partial charge is 0.497 e. The van der Waals surface area contributed by atoms with Gasteiger partial charge in [0.15, 0.2) is 5.58 Å². The molecule has 4 rings (SSSR count). The number of methoxy groups -OCH3 is 1. The van der Waals surface area contributed by atoms with Gasteiger partial charge in [-0.2, -0.15) is 4.98 Å². The number of rotatable bonds is 3. The quantitative estimate of drug-likeness (QED) is 0.726. The molecule has 1 aromatic heterocycles. The molecule has 23 heavy (non-hydrogen) atoms. The van der Waals surface area contributed by atoms with Gasteiger partial charge >= 0.3 is 0 Å². The monoisotopic (exact) mass is 308 g/mol. The molecule has 1 aliphatic heterocycles. The lowest BCUT2D eigenvalue weighted by Gasteiger charge is -2.31. The van der Waals surface area contributed by atoms with Gasteiger partial charge in [0.2, 0.25) is 0 Å². The van der Waals surface area contributed by atoms with E-state index in [9.17, 15) is 0 Å². The second-order valence-electron chi connectivity index (χ2n) is 6.00. The molecule has 3 aromatic rings. The van der Waals surface area contributed by atoms with Crippen molar-refractivity contribution in [1.29, 1.82) is 0 Å². The molecule has 2 heterocycles. The SMILES string of the molecule is COc1cccc(C2CCN(c3nc4ccccc4o3)CC2)c1. The average molecular weight is 308 g/mol. The number of fused-ring (bicyclic) bond motifs is 1. The first-order valence-electron chi connectivity index (χ1n) is 8.08. The molecule has 0 aliphatic carbocycles. The van der Waals surface area contributed by atoms with Crippen molar-refractivity contribution in [2.75, 3.05) is 25.1 Å². The third kappa shape index (κ3) is 2.77. The molecule has 0 radical (unpaired) electrons. The maximum atomic E-state index is 5.88. The summed E-state index contributed by atoms with van der Waals surface area (Å²) in [7, 11) is 1.72. The van der Waals surface area contributed by atoms with Gasteiger partial charge in [-0.25, -0.2) is 0 Å². The van der Waals surface area contributed by atoms with Gasteiger partial charge in [-0.3, -0.25) is 0 Å². The highest BCUT2D eigenvalue weighted by atomic mass is 16.5. The molecule has 0 saturated carbocycles. The summed E-state index contributed by atoms with van der Waals surface area (Å²) in [6.45, 7) is 1.93. The van der Waals surface area contributed by atoms with Gasteiger partial charge in [-0.15, -0.1) is 0 Å². The summed E-state index contributed by atoms with van der Waals surface area (Å²) in [5.74, 6) is 1.51. The first-order chi connectivity index (χ1) is 11.3. The number of oxazole rings is 1. The molecule has 2 aromatic carbocycles. The molecule has 1 saturated heterocycles. The summed E-state index contributed by atoms with van der Waals surface area (Å²) in [6.07, 6.45) is 2.21. The Balaban J connectivity index is 1.48. The van der Waals surface area contributed by atoms with Crippen LogP contribution < -0.4 is 9.64 Å². The molecule has 4 heteroatoms. The van der Waals surface area contributed by atoms with Gasteiger partial charge in [0.25, 0.3) is 6.01 Å². The minimum Gasteiger partial charge on any atom is -0.497 e. The summed E-state index contributed by atoms with van der Waals surface area (Å²) >= 11 is 0. The zero-order chi connectivity index (χ0) is 15.6. The molecule has 0 spiro atoms. The molecule has 0 bridgehead atoms. The van der Waals surface area contributed by atoms with Crippen LogP contribution in [0.5, 0.6) is 5.75 Å². The number of para-hydroxylation sites is 2. The number of nitrogens with zero attached hydrogens (tertiary/aromatic N) is 2. The van der Waals surface area contributed by atoms with Crippen LogP contribution in [0.15, 0.2) is 52.9 Å². The topological polar surface area (TPSA) is 38.5 Å². The molecule has 4 nitrogen and oxygen atoms in total. The van der Waals surface area contributed by atoms with Crippen molar-refractivity contribution in [3.63, 3.8) is 0 Å². The van der Waals surface area contributed by atoms with Gasteiger partial charge < -0.3 is 14.1 Å². The van der Waals surface area contributed by atoms with Crippen LogP contribution in [0.2, 0.25) is 0 Å². The number of hydrogen-bond donors (Lipinski definition) is 0. The number of hydrogen-bond acceptors (Lipinski definition) is 4. The van der Waals surface area contributed by atoms with Gasteiger partial charge in [0, 0.05) is 13.1 Å². The van der Waals surface area contributed by atoms with E-state index in [0.29, 0.717) is 5.92 Å². The van der Waals surface area contributed by atoms with E-state index in [1.165, 1.54) is 5.56 Å². The minimum absolute atomic E-state index is 0.575. The van der Waals surface area contributed by atoms with Gasteiger partial charge in [0.1, 0.15) is 11.3 Å². The molecule has 0 N–H and O–H groups in total. The van der Waals surface area contributed by atoms with Crippen molar-refractivity contribution in [2.24, 2.45) is 0 Å². The summed E-state index contributed by atoms with van der Waals surface area (Å²) in [5.41, 5.74) is 3.15. The van der Waals surface area contributed by atoms with E-state index in [0.717, 1.165) is 48.8 Å². The molecule has 0 amide bonds. The fraction of sp³-hybridized carbons (Fsp3) is 0.316. The Labute approximate surface area is 135 Å². The zero-order valence-electron chi connectivity index (χ0n) is 13.2.